The van der Waals surface area contributed by atoms with Gasteiger partial charge in [-0.15, -0.1) is 5.10 Å². The summed E-state index contributed by atoms with van der Waals surface area (Å²) in [5.41, 5.74) is 0. The Kier molecular flexibility index (Phi) is 6.97. The van der Waals surface area contributed by atoms with Crippen LogP contribution >= 0.6 is 0 Å². The van der Waals surface area contributed by atoms with Gasteiger partial charge in [0, 0.05) is 19.7 Å². The fourth-order valence-corrected chi connectivity index (χ4v) is 1.49. The summed E-state index contributed by atoms with van der Waals surface area (Å²) in [7, 11) is 0. The molecule has 0 fully saturated rings. The van der Waals surface area contributed by atoms with E-state index in [-0.39, 0.29) is 31.5 Å². The van der Waals surface area contributed by atoms with E-state index in [2.05, 4.69) is 15.4 Å². The average molecular weight is 256 g/mol. The van der Waals surface area contributed by atoms with Crippen molar-refractivity contribution in [2.45, 2.75) is 32.2 Å². The number of hydrogen-bond acceptors (Lipinski definition) is 5. The first-order valence-electron chi connectivity index (χ1n) is 6.17. The molecule has 0 atom stereocenters. The highest BCUT2D eigenvalue weighted by Crippen LogP contribution is 2.01. The number of amides is 1. The molecule has 0 aromatic carbocycles. The van der Waals surface area contributed by atoms with Crippen LogP contribution in [0.15, 0.2) is 6.33 Å². The van der Waals surface area contributed by atoms with Gasteiger partial charge in [-0.1, -0.05) is 12.8 Å². The van der Waals surface area contributed by atoms with E-state index in [1.165, 1.54) is 6.33 Å². The van der Waals surface area contributed by atoms with E-state index in [1.807, 2.05) is 0 Å². The Hall–Kier alpha value is -1.47. The molecule has 1 heterocycles. The van der Waals surface area contributed by atoms with Crippen LogP contribution in [0.2, 0.25) is 0 Å². The number of aliphatic hydroxyl groups is 2. The number of carbonyl (C=O) groups is 1. The first-order chi connectivity index (χ1) is 8.77. The van der Waals surface area contributed by atoms with Gasteiger partial charge in [0.1, 0.15) is 6.33 Å². The maximum Gasteiger partial charge on any atom is 0.291 e. The predicted molar refractivity (Wildman–Crippen MR) is 65.0 cm³/mol. The quantitative estimate of drug-likeness (QED) is 0.520. The lowest BCUT2D eigenvalue weighted by molar-refractivity contribution is 0.0934. The third-order valence-electron chi connectivity index (χ3n) is 2.43. The molecule has 0 aliphatic carbocycles. The normalized spacial score (nSPS) is 10.6. The van der Waals surface area contributed by atoms with Crippen molar-refractivity contribution in [3.8, 4) is 0 Å². The van der Waals surface area contributed by atoms with E-state index in [0.29, 0.717) is 6.54 Å². The van der Waals surface area contributed by atoms with Crippen LogP contribution in [0.25, 0.3) is 0 Å². The second-order valence-electron chi connectivity index (χ2n) is 3.95. The van der Waals surface area contributed by atoms with Crippen LogP contribution in [0.4, 0.5) is 0 Å². The third-order valence-corrected chi connectivity index (χ3v) is 2.43. The molecule has 1 aromatic rings. The van der Waals surface area contributed by atoms with Crippen LogP contribution in [0.3, 0.4) is 0 Å². The van der Waals surface area contributed by atoms with Gasteiger partial charge in [0.2, 0.25) is 5.82 Å². The Bertz CT molecular complexity index is 354. The van der Waals surface area contributed by atoms with E-state index >= 15 is 0 Å². The molecule has 7 heteroatoms. The maximum atomic E-state index is 11.4. The lowest BCUT2D eigenvalue weighted by Gasteiger charge is -2.00. The Morgan fingerprint density at radius 3 is 2.72 bits per heavy atom. The van der Waals surface area contributed by atoms with Gasteiger partial charge in [0.25, 0.3) is 5.91 Å². The fraction of sp³-hybridized carbons (Fsp3) is 0.727. The zero-order chi connectivity index (χ0) is 13.2. The highest BCUT2D eigenvalue weighted by molar-refractivity contribution is 5.90. The molecule has 0 aliphatic rings. The summed E-state index contributed by atoms with van der Waals surface area (Å²) in [6, 6.07) is 0. The molecule has 1 amide bonds. The topological polar surface area (TPSA) is 100 Å². The molecule has 0 radical (unpaired) electrons. The number of rotatable bonds is 9. The number of aliphatic hydroxyl groups excluding tert-OH is 2. The maximum absolute atomic E-state index is 11.4. The van der Waals surface area contributed by atoms with Crippen molar-refractivity contribution in [2.75, 3.05) is 19.8 Å². The van der Waals surface area contributed by atoms with E-state index in [0.717, 1.165) is 25.7 Å². The second-order valence-corrected chi connectivity index (χ2v) is 3.95. The summed E-state index contributed by atoms with van der Waals surface area (Å²) in [6.45, 7) is 1.05. The number of nitrogens with zero attached hydrogens (tertiary/aromatic N) is 3. The van der Waals surface area contributed by atoms with Crippen molar-refractivity contribution in [3.63, 3.8) is 0 Å². The van der Waals surface area contributed by atoms with Crippen molar-refractivity contribution in [2.24, 2.45) is 0 Å². The lowest BCUT2D eigenvalue weighted by atomic mass is 10.2. The molecule has 3 N–H and O–H groups in total. The molecule has 0 unspecified atom stereocenters. The largest absolute Gasteiger partial charge is 0.396 e. The van der Waals surface area contributed by atoms with Crippen LogP contribution in [0.1, 0.15) is 36.3 Å². The van der Waals surface area contributed by atoms with Gasteiger partial charge in [0.15, 0.2) is 0 Å². The Morgan fingerprint density at radius 1 is 1.22 bits per heavy atom. The van der Waals surface area contributed by atoms with Crippen LogP contribution in [-0.2, 0) is 6.54 Å². The van der Waals surface area contributed by atoms with Crippen molar-refractivity contribution in [3.05, 3.63) is 12.2 Å². The summed E-state index contributed by atoms with van der Waals surface area (Å²) in [4.78, 5) is 15.3. The highest BCUT2D eigenvalue weighted by atomic mass is 16.3. The van der Waals surface area contributed by atoms with Crippen molar-refractivity contribution in [1.82, 2.24) is 20.1 Å². The third kappa shape index (κ3) is 5.24. The number of unbranched alkanes of at least 4 members (excludes halogenated alkanes) is 3. The minimum atomic E-state index is -0.372. The number of aromatic nitrogens is 3. The number of carbonyl (C=O) groups excluding carboxylic acids is 1. The molecule has 102 valence electrons. The molecular weight excluding hydrogens is 236 g/mol. The summed E-state index contributed by atoms with van der Waals surface area (Å²) < 4.78 is 1.63. The fourth-order valence-electron chi connectivity index (χ4n) is 1.49. The summed E-state index contributed by atoms with van der Waals surface area (Å²) in [6.07, 6.45) is 5.31. The molecular formula is C11H20N4O3. The first-order valence-corrected chi connectivity index (χ1v) is 6.17. The number of nitrogens with one attached hydrogen (secondary N) is 1. The standard InChI is InChI=1S/C11H20N4O3/c16-7-4-2-1-3-6-15-9-13-10(14-15)11(18)12-5-8-17/h9,16-17H,1-8H2,(H,12,18). The molecule has 0 aliphatic heterocycles. The second kappa shape index (κ2) is 8.60. The number of aryl methyl sites for hydroxylation is 1. The molecule has 0 bridgehead atoms. The van der Waals surface area contributed by atoms with E-state index in [9.17, 15) is 4.79 Å². The molecule has 7 nitrogen and oxygen atoms in total. The molecule has 0 saturated carbocycles. The molecule has 0 saturated heterocycles. The predicted octanol–water partition coefficient (Wildman–Crippen LogP) is -0.447. The SMILES string of the molecule is O=C(NCCO)c1ncn(CCCCCCO)n1. The van der Waals surface area contributed by atoms with Gasteiger partial charge in [-0.3, -0.25) is 9.48 Å². The molecule has 1 aromatic heterocycles. The van der Waals surface area contributed by atoms with Crippen LogP contribution in [-0.4, -0.2) is 50.6 Å². The van der Waals surface area contributed by atoms with Gasteiger partial charge >= 0.3 is 0 Å². The van der Waals surface area contributed by atoms with Gasteiger partial charge in [-0.25, -0.2) is 4.98 Å². The lowest BCUT2D eigenvalue weighted by Crippen LogP contribution is -2.27. The smallest absolute Gasteiger partial charge is 0.291 e. The molecule has 0 spiro atoms. The highest BCUT2D eigenvalue weighted by Gasteiger charge is 2.09. The van der Waals surface area contributed by atoms with Crippen molar-refractivity contribution >= 4 is 5.91 Å². The van der Waals surface area contributed by atoms with Crippen molar-refractivity contribution in [1.29, 1.82) is 0 Å². The van der Waals surface area contributed by atoms with E-state index < -0.39 is 0 Å². The molecule has 18 heavy (non-hydrogen) atoms. The van der Waals surface area contributed by atoms with Gasteiger partial charge in [0.05, 0.1) is 6.61 Å². The van der Waals surface area contributed by atoms with E-state index in [1.54, 1.807) is 4.68 Å². The number of hydrogen-bond donors (Lipinski definition) is 3. The monoisotopic (exact) mass is 256 g/mol. The van der Waals surface area contributed by atoms with E-state index in [4.69, 9.17) is 10.2 Å². The average Bonchev–Trinajstić information content (AvgIpc) is 2.84. The summed E-state index contributed by atoms with van der Waals surface area (Å²) in [5.74, 6) is -0.248. The van der Waals surface area contributed by atoms with Gasteiger partial charge in [-0.2, -0.15) is 0 Å². The van der Waals surface area contributed by atoms with Crippen LogP contribution < -0.4 is 5.32 Å². The minimum Gasteiger partial charge on any atom is -0.396 e. The van der Waals surface area contributed by atoms with Crippen LogP contribution in [0.5, 0.6) is 0 Å². The molecule has 1 rings (SSSR count). The summed E-state index contributed by atoms with van der Waals surface area (Å²) >= 11 is 0. The zero-order valence-electron chi connectivity index (χ0n) is 10.4. The summed E-state index contributed by atoms with van der Waals surface area (Å²) in [5, 5.41) is 23.7. The Labute approximate surface area is 106 Å². The van der Waals surface area contributed by atoms with Gasteiger partial charge in [-0.05, 0) is 12.8 Å². The van der Waals surface area contributed by atoms with Crippen molar-refractivity contribution < 1.29 is 15.0 Å². The Morgan fingerprint density at radius 2 is 2.00 bits per heavy atom. The Balaban J connectivity index is 2.27. The first kappa shape index (κ1) is 14.6. The zero-order valence-corrected chi connectivity index (χ0v) is 10.4. The minimum absolute atomic E-state index is 0.0999. The van der Waals surface area contributed by atoms with Crippen LogP contribution in [0, 0.1) is 0 Å². The van der Waals surface area contributed by atoms with Gasteiger partial charge < -0.3 is 15.5 Å².